The van der Waals surface area contributed by atoms with Gasteiger partial charge in [0.15, 0.2) is 0 Å². The molecule has 2 atom stereocenters. The predicted molar refractivity (Wildman–Crippen MR) is 89.2 cm³/mol. The lowest BCUT2D eigenvalue weighted by Gasteiger charge is -2.31. The standard InChI is InChI=1S/C19H21FN2O2/c1-2-13-5-10-16(21-12-13)18(14-6-8-15(20)9-7-14)22-11-3-4-17(22)19(23)24/h5-10,12,17-18H,2-4,11H2,1H3,(H,23,24). The van der Waals surface area contributed by atoms with Gasteiger partial charge in [0.2, 0.25) is 0 Å². The summed E-state index contributed by atoms with van der Waals surface area (Å²) in [6.07, 6.45) is 4.19. The molecule has 0 saturated carbocycles. The van der Waals surface area contributed by atoms with E-state index in [-0.39, 0.29) is 11.9 Å². The van der Waals surface area contributed by atoms with Crippen LogP contribution in [0.3, 0.4) is 0 Å². The van der Waals surface area contributed by atoms with Crippen LogP contribution in [-0.4, -0.2) is 33.5 Å². The van der Waals surface area contributed by atoms with E-state index in [2.05, 4.69) is 11.9 Å². The van der Waals surface area contributed by atoms with Gasteiger partial charge in [-0.1, -0.05) is 25.1 Å². The van der Waals surface area contributed by atoms with Crippen LogP contribution in [0.4, 0.5) is 4.39 Å². The number of hydrogen-bond acceptors (Lipinski definition) is 3. The van der Waals surface area contributed by atoms with E-state index in [1.807, 2.05) is 23.2 Å². The molecule has 4 nitrogen and oxygen atoms in total. The molecule has 2 aromatic rings. The Bertz CT molecular complexity index is 700. The highest BCUT2D eigenvalue weighted by Crippen LogP contribution is 2.34. The first-order valence-electron chi connectivity index (χ1n) is 8.29. The van der Waals surface area contributed by atoms with Crippen molar-refractivity contribution in [2.45, 2.75) is 38.3 Å². The fourth-order valence-electron chi connectivity index (χ4n) is 3.35. The van der Waals surface area contributed by atoms with Gasteiger partial charge in [-0.25, -0.2) is 4.39 Å². The Morgan fingerprint density at radius 1 is 1.33 bits per heavy atom. The monoisotopic (exact) mass is 328 g/mol. The molecule has 0 bridgehead atoms. The molecule has 0 aliphatic carbocycles. The largest absolute Gasteiger partial charge is 0.480 e. The van der Waals surface area contributed by atoms with E-state index in [4.69, 9.17) is 0 Å². The van der Waals surface area contributed by atoms with E-state index in [9.17, 15) is 14.3 Å². The van der Waals surface area contributed by atoms with Crippen molar-refractivity contribution >= 4 is 5.97 Å². The van der Waals surface area contributed by atoms with Crippen molar-refractivity contribution in [3.05, 3.63) is 65.2 Å². The first-order chi connectivity index (χ1) is 11.6. The van der Waals surface area contributed by atoms with Gasteiger partial charge in [0.1, 0.15) is 11.9 Å². The predicted octanol–water partition coefficient (Wildman–Crippen LogP) is 3.42. The molecule has 5 heteroatoms. The van der Waals surface area contributed by atoms with Crippen molar-refractivity contribution in [2.75, 3.05) is 6.54 Å². The fraction of sp³-hybridized carbons (Fsp3) is 0.368. The molecule has 0 spiro atoms. The number of halogens is 1. The number of carbonyl (C=O) groups is 1. The van der Waals surface area contributed by atoms with Gasteiger partial charge in [-0.05, 0) is 48.6 Å². The topological polar surface area (TPSA) is 53.4 Å². The molecule has 2 heterocycles. The highest BCUT2D eigenvalue weighted by molar-refractivity contribution is 5.74. The second-order valence-corrected chi connectivity index (χ2v) is 6.13. The van der Waals surface area contributed by atoms with Crippen LogP contribution in [0.25, 0.3) is 0 Å². The molecule has 3 rings (SSSR count). The number of benzene rings is 1. The maximum absolute atomic E-state index is 13.3. The first-order valence-corrected chi connectivity index (χ1v) is 8.29. The lowest BCUT2D eigenvalue weighted by Crippen LogP contribution is -2.39. The van der Waals surface area contributed by atoms with E-state index in [1.54, 1.807) is 12.1 Å². The Labute approximate surface area is 141 Å². The number of hydrogen-bond donors (Lipinski definition) is 1. The number of rotatable bonds is 5. The SMILES string of the molecule is CCc1ccc(C(c2ccc(F)cc2)N2CCCC2C(=O)O)nc1. The van der Waals surface area contributed by atoms with Gasteiger partial charge < -0.3 is 5.11 Å². The minimum atomic E-state index is -0.815. The van der Waals surface area contributed by atoms with Crippen molar-refractivity contribution in [3.63, 3.8) is 0 Å². The lowest BCUT2D eigenvalue weighted by atomic mass is 9.99. The molecule has 126 valence electrons. The van der Waals surface area contributed by atoms with Crippen LogP contribution in [0.1, 0.15) is 42.6 Å². The summed E-state index contributed by atoms with van der Waals surface area (Å²) < 4.78 is 13.3. The third-order valence-electron chi connectivity index (χ3n) is 4.63. The molecule has 1 saturated heterocycles. The van der Waals surface area contributed by atoms with Gasteiger partial charge in [0, 0.05) is 12.7 Å². The summed E-state index contributed by atoms with van der Waals surface area (Å²) in [5, 5.41) is 9.53. The van der Waals surface area contributed by atoms with Crippen LogP contribution in [0.5, 0.6) is 0 Å². The minimum absolute atomic E-state index is 0.278. The third-order valence-corrected chi connectivity index (χ3v) is 4.63. The Morgan fingerprint density at radius 3 is 2.67 bits per heavy atom. The highest BCUT2D eigenvalue weighted by Gasteiger charge is 2.37. The van der Waals surface area contributed by atoms with Gasteiger partial charge in [-0.15, -0.1) is 0 Å². The number of nitrogens with zero attached hydrogens (tertiary/aromatic N) is 2. The summed E-state index contributed by atoms with van der Waals surface area (Å²) in [4.78, 5) is 18.1. The van der Waals surface area contributed by atoms with Crippen LogP contribution >= 0.6 is 0 Å². The first kappa shape index (κ1) is 16.6. The third kappa shape index (κ3) is 3.31. The van der Waals surface area contributed by atoms with Crippen LogP contribution < -0.4 is 0 Å². The number of aromatic nitrogens is 1. The molecule has 0 amide bonds. The van der Waals surface area contributed by atoms with E-state index >= 15 is 0 Å². The number of carboxylic acid groups (broad SMARTS) is 1. The summed E-state index contributed by atoms with van der Waals surface area (Å²) in [6, 6.07) is 9.41. The van der Waals surface area contributed by atoms with Crippen LogP contribution in [0.15, 0.2) is 42.6 Å². The molecule has 0 radical (unpaired) electrons. The van der Waals surface area contributed by atoms with Crippen LogP contribution in [0, 0.1) is 5.82 Å². The summed E-state index contributed by atoms with van der Waals surface area (Å²) in [5.41, 5.74) is 2.79. The van der Waals surface area contributed by atoms with E-state index in [0.29, 0.717) is 13.0 Å². The fourth-order valence-corrected chi connectivity index (χ4v) is 3.35. The maximum Gasteiger partial charge on any atom is 0.320 e. The molecule has 1 aromatic carbocycles. The Hall–Kier alpha value is -2.27. The summed E-state index contributed by atoms with van der Waals surface area (Å²) in [5.74, 6) is -1.12. The molecule has 24 heavy (non-hydrogen) atoms. The van der Waals surface area contributed by atoms with Crippen molar-refractivity contribution in [1.82, 2.24) is 9.88 Å². The van der Waals surface area contributed by atoms with E-state index in [1.165, 1.54) is 12.1 Å². The molecule has 1 aliphatic rings. The smallest absolute Gasteiger partial charge is 0.320 e. The summed E-state index contributed by atoms with van der Waals surface area (Å²) in [7, 11) is 0. The van der Waals surface area contributed by atoms with Gasteiger partial charge in [0.05, 0.1) is 11.7 Å². The van der Waals surface area contributed by atoms with Gasteiger partial charge in [-0.2, -0.15) is 0 Å². The maximum atomic E-state index is 13.3. The Morgan fingerprint density at radius 2 is 2.08 bits per heavy atom. The van der Waals surface area contributed by atoms with Crippen LogP contribution in [0.2, 0.25) is 0 Å². The highest BCUT2D eigenvalue weighted by atomic mass is 19.1. The number of aliphatic carboxylic acids is 1. The second kappa shape index (κ2) is 7.09. The molecule has 2 unspecified atom stereocenters. The van der Waals surface area contributed by atoms with Crippen molar-refractivity contribution in [1.29, 1.82) is 0 Å². The van der Waals surface area contributed by atoms with E-state index < -0.39 is 12.0 Å². The lowest BCUT2D eigenvalue weighted by molar-refractivity contribution is -0.142. The molecular formula is C19H21FN2O2. The number of pyridine rings is 1. The zero-order valence-electron chi connectivity index (χ0n) is 13.7. The van der Waals surface area contributed by atoms with Gasteiger partial charge in [-0.3, -0.25) is 14.7 Å². The number of aryl methyl sites for hydroxylation is 1. The molecule has 1 N–H and O–H groups in total. The van der Waals surface area contributed by atoms with Crippen molar-refractivity contribution in [2.24, 2.45) is 0 Å². The van der Waals surface area contributed by atoms with Crippen molar-refractivity contribution < 1.29 is 14.3 Å². The molecular weight excluding hydrogens is 307 g/mol. The summed E-state index contributed by atoms with van der Waals surface area (Å²) in [6.45, 7) is 2.76. The van der Waals surface area contributed by atoms with E-state index in [0.717, 1.165) is 29.7 Å². The average Bonchev–Trinajstić information content (AvgIpc) is 3.07. The van der Waals surface area contributed by atoms with Crippen LogP contribution in [-0.2, 0) is 11.2 Å². The quantitative estimate of drug-likeness (QED) is 0.914. The minimum Gasteiger partial charge on any atom is -0.480 e. The number of carboxylic acids is 1. The summed E-state index contributed by atoms with van der Waals surface area (Å²) >= 11 is 0. The number of likely N-dealkylation sites (tertiary alicyclic amines) is 1. The van der Waals surface area contributed by atoms with Gasteiger partial charge >= 0.3 is 5.97 Å². The second-order valence-electron chi connectivity index (χ2n) is 6.13. The van der Waals surface area contributed by atoms with Gasteiger partial charge in [0.25, 0.3) is 0 Å². The molecule has 1 aromatic heterocycles. The zero-order chi connectivity index (χ0) is 17.1. The Balaban J connectivity index is 2.02. The molecule has 1 aliphatic heterocycles. The zero-order valence-corrected chi connectivity index (χ0v) is 13.7. The average molecular weight is 328 g/mol. The van der Waals surface area contributed by atoms with Crippen molar-refractivity contribution in [3.8, 4) is 0 Å². The normalized spacial score (nSPS) is 19.3. The molecule has 1 fully saturated rings. The Kier molecular flexibility index (Phi) is 4.90.